The summed E-state index contributed by atoms with van der Waals surface area (Å²) >= 11 is 6.28. The summed E-state index contributed by atoms with van der Waals surface area (Å²) in [7, 11) is -0.700. The van der Waals surface area contributed by atoms with E-state index < -0.39 is 10.0 Å². The van der Waals surface area contributed by atoms with Crippen molar-refractivity contribution in [1.82, 2.24) is 4.31 Å². The molecule has 2 aromatic carbocycles. The molecular formula is C24H31ClN4O3S. The molecular weight excluding hydrogens is 460 g/mol. The van der Waals surface area contributed by atoms with E-state index in [1.54, 1.807) is 18.2 Å². The molecule has 1 N–H and O–H groups in total. The molecule has 0 bridgehead atoms. The highest BCUT2D eigenvalue weighted by Gasteiger charge is 2.25. The fraction of sp³-hybridized carbons (Fsp3) is 0.458. The summed E-state index contributed by atoms with van der Waals surface area (Å²) in [6.45, 7) is 3.55. The van der Waals surface area contributed by atoms with Crippen LogP contribution in [0.1, 0.15) is 42.5 Å². The first-order valence-corrected chi connectivity index (χ1v) is 13.3. The molecule has 0 aromatic heterocycles. The van der Waals surface area contributed by atoms with E-state index in [0.29, 0.717) is 16.3 Å². The van der Waals surface area contributed by atoms with E-state index in [1.807, 2.05) is 12.1 Å². The highest BCUT2D eigenvalue weighted by Crippen LogP contribution is 2.33. The Morgan fingerprint density at radius 2 is 1.45 bits per heavy atom. The third kappa shape index (κ3) is 5.13. The Hall–Kier alpha value is -2.29. The number of rotatable bonds is 6. The molecule has 1 amide bonds. The molecule has 2 aromatic rings. The SMILES string of the molecule is CN(C)S(=O)(=O)c1ccc(N2CCCC2)c(C(=O)Nc2cc(Cl)ccc2N2CCCCC2)c1. The number of nitrogens with one attached hydrogen (secondary N) is 1. The number of sulfonamides is 1. The number of nitrogens with zero attached hydrogens (tertiary/aromatic N) is 3. The summed E-state index contributed by atoms with van der Waals surface area (Å²) in [6.07, 6.45) is 5.52. The lowest BCUT2D eigenvalue weighted by Crippen LogP contribution is -2.30. The van der Waals surface area contributed by atoms with Crippen molar-refractivity contribution >= 4 is 44.6 Å². The maximum atomic E-state index is 13.6. The molecule has 2 aliphatic heterocycles. The monoisotopic (exact) mass is 490 g/mol. The third-order valence-corrected chi connectivity index (χ3v) is 8.39. The van der Waals surface area contributed by atoms with Gasteiger partial charge in [-0.05, 0) is 68.5 Å². The highest BCUT2D eigenvalue weighted by molar-refractivity contribution is 7.89. The van der Waals surface area contributed by atoms with Crippen molar-refractivity contribution in [3.8, 4) is 0 Å². The number of halogens is 1. The second-order valence-electron chi connectivity index (χ2n) is 8.82. The summed E-state index contributed by atoms with van der Waals surface area (Å²) < 4.78 is 26.7. The highest BCUT2D eigenvalue weighted by atomic mass is 35.5. The van der Waals surface area contributed by atoms with E-state index in [0.717, 1.165) is 67.5 Å². The molecule has 0 spiro atoms. The van der Waals surface area contributed by atoms with Gasteiger partial charge in [0.05, 0.1) is 21.8 Å². The van der Waals surface area contributed by atoms with Crippen LogP contribution in [0.25, 0.3) is 0 Å². The minimum absolute atomic E-state index is 0.0999. The van der Waals surface area contributed by atoms with Crippen LogP contribution in [0, 0.1) is 0 Å². The Balaban J connectivity index is 1.72. The molecule has 2 saturated heterocycles. The Morgan fingerprint density at radius 1 is 0.879 bits per heavy atom. The summed E-state index contributed by atoms with van der Waals surface area (Å²) in [6, 6.07) is 10.4. The van der Waals surface area contributed by atoms with Crippen molar-refractivity contribution in [3.05, 3.63) is 47.0 Å². The average molecular weight is 491 g/mol. The van der Waals surface area contributed by atoms with E-state index in [-0.39, 0.29) is 10.8 Å². The summed E-state index contributed by atoms with van der Waals surface area (Å²) in [5.41, 5.74) is 2.68. The second-order valence-corrected chi connectivity index (χ2v) is 11.4. The molecule has 0 radical (unpaired) electrons. The van der Waals surface area contributed by atoms with E-state index in [2.05, 4.69) is 15.1 Å². The van der Waals surface area contributed by atoms with Crippen LogP contribution < -0.4 is 15.1 Å². The Labute approximate surface area is 201 Å². The zero-order valence-electron chi connectivity index (χ0n) is 19.2. The van der Waals surface area contributed by atoms with E-state index in [1.165, 1.54) is 26.6 Å². The molecule has 9 heteroatoms. The van der Waals surface area contributed by atoms with Gasteiger partial charge in [0.15, 0.2) is 0 Å². The average Bonchev–Trinajstić information content (AvgIpc) is 3.34. The van der Waals surface area contributed by atoms with Crippen molar-refractivity contribution in [1.29, 1.82) is 0 Å². The van der Waals surface area contributed by atoms with Crippen LogP contribution >= 0.6 is 11.6 Å². The van der Waals surface area contributed by atoms with Gasteiger partial charge >= 0.3 is 0 Å². The van der Waals surface area contributed by atoms with Crippen LogP contribution in [0.3, 0.4) is 0 Å². The second kappa shape index (κ2) is 9.91. The molecule has 2 fully saturated rings. The third-order valence-electron chi connectivity index (χ3n) is 6.34. The first-order chi connectivity index (χ1) is 15.8. The van der Waals surface area contributed by atoms with Gasteiger partial charge in [0.1, 0.15) is 0 Å². The number of carbonyl (C=O) groups excluding carboxylic acids is 1. The number of hydrogen-bond donors (Lipinski definition) is 1. The summed E-state index contributed by atoms with van der Waals surface area (Å²) in [4.78, 5) is 18.1. The molecule has 0 saturated carbocycles. The van der Waals surface area contributed by atoms with Crippen LogP contribution in [0.4, 0.5) is 17.1 Å². The lowest BCUT2D eigenvalue weighted by atomic mass is 10.1. The van der Waals surface area contributed by atoms with Gasteiger partial charge in [-0.1, -0.05) is 11.6 Å². The quantitative estimate of drug-likeness (QED) is 0.648. The van der Waals surface area contributed by atoms with E-state index in [9.17, 15) is 13.2 Å². The van der Waals surface area contributed by atoms with Gasteiger partial charge in [-0.3, -0.25) is 4.79 Å². The Morgan fingerprint density at radius 3 is 2.09 bits per heavy atom. The van der Waals surface area contributed by atoms with E-state index >= 15 is 0 Å². The van der Waals surface area contributed by atoms with Crippen LogP contribution in [0.15, 0.2) is 41.3 Å². The minimum atomic E-state index is -3.67. The largest absolute Gasteiger partial charge is 0.371 e. The fourth-order valence-electron chi connectivity index (χ4n) is 4.51. The molecule has 7 nitrogen and oxygen atoms in total. The summed E-state index contributed by atoms with van der Waals surface area (Å²) in [5, 5.41) is 3.57. The number of amides is 1. The molecule has 33 heavy (non-hydrogen) atoms. The van der Waals surface area contributed by atoms with Gasteiger partial charge in [0.2, 0.25) is 10.0 Å². The molecule has 4 rings (SSSR count). The minimum Gasteiger partial charge on any atom is -0.371 e. The van der Waals surface area contributed by atoms with Crippen molar-refractivity contribution in [3.63, 3.8) is 0 Å². The lowest BCUT2D eigenvalue weighted by Gasteiger charge is -2.31. The number of piperidine rings is 1. The Bertz CT molecular complexity index is 1120. The van der Waals surface area contributed by atoms with Crippen molar-refractivity contribution in [2.24, 2.45) is 0 Å². The molecule has 2 heterocycles. The maximum Gasteiger partial charge on any atom is 0.257 e. The van der Waals surface area contributed by atoms with Gasteiger partial charge < -0.3 is 15.1 Å². The lowest BCUT2D eigenvalue weighted by molar-refractivity contribution is 0.102. The maximum absolute atomic E-state index is 13.6. The van der Waals surface area contributed by atoms with Crippen molar-refractivity contribution < 1.29 is 13.2 Å². The Kier molecular flexibility index (Phi) is 7.16. The van der Waals surface area contributed by atoms with Gasteiger partial charge in [0.25, 0.3) is 5.91 Å². The predicted molar refractivity (Wildman–Crippen MR) is 134 cm³/mol. The van der Waals surface area contributed by atoms with Crippen LogP contribution in [-0.4, -0.2) is 58.9 Å². The standard InChI is InChI=1S/C24H31ClN4O3S/c1-27(2)33(31,32)19-9-11-22(28-14-6-7-15-28)20(17-19)24(30)26-21-16-18(25)8-10-23(21)29-12-4-3-5-13-29/h8-11,16-17H,3-7,12-15H2,1-2H3,(H,26,30). The van der Waals surface area contributed by atoms with Crippen LogP contribution in [-0.2, 0) is 10.0 Å². The first kappa shape index (κ1) is 23.9. The molecule has 2 aliphatic rings. The topological polar surface area (TPSA) is 73.0 Å². The van der Waals surface area contributed by atoms with Crippen LogP contribution in [0.5, 0.6) is 0 Å². The first-order valence-electron chi connectivity index (χ1n) is 11.4. The number of benzene rings is 2. The number of hydrogen-bond acceptors (Lipinski definition) is 5. The van der Waals surface area contributed by atoms with Gasteiger partial charge in [-0.15, -0.1) is 0 Å². The number of anilines is 3. The predicted octanol–water partition coefficient (Wildman–Crippen LogP) is 4.43. The van der Waals surface area contributed by atoms with Gasteiger partial charge in [0, 0.05) is 51.0 Å². The zero-order chi connectivity index (χ0) is 23.6. The summed E-state index contributed by atoms with van der Waals surface area (Å²) in [5.74, 6) is -0.340. The molecule has 0 aliphatic carbocycles. The van der Waals surface area contributed by atoms with Crippen LogP contribution in [0.2, 0.25) is 5.02 Å². The van der Waals surface area contributed by atoms with Crippen molar-refractivity contribution in [2.75, 3.05) is 55.4 Å². The fourth-order valence-corrected chi connectivity index (χ4v) is 5.61. The molecule has 178 valence electrons. The molecule has 0 atom stereocenters. The number of carbonyl (C=O) groups is 1. The van der Waals surface area contributed by atoms with Gasteiger partial charge in [-0.2, -0.15) is 0 Å². The molecule has 0 unspecified atom stereocenters. The zero-order valence-corrected chi connectivity index (χ0v) is 20.8. The van der Waals surface area contributed by atoms with Gasteiger partial charge in [-0.25, -0.2) is 12.7 Å². The smallest absolute Gasteiger partial charge is 0.257 e. The van der Waals surface area contributed by atoms with Crippen molar-refractivity contribution in [2.45, 2.75) is 37.0 Å². The van der Waals surface area contributed by atoms with E-state index in [4.69, 9.17) is 11.6 Å². The normalized spacial score (nSPS) is 17.0.